The highest BCUT2D eigenvalue weighted by Gasteiger charge is 2.24. The number of hydrogen-bond donors (Lipinski definition) is 1. The van der Waals surface area contributed by atoms with E-state index in [9.17, 15) is 19.7 Å². The SMILES string of the molecule is CC[C@@H](C)c1ccccc1NC(=O)COC(=O)c1ccc(N2CCCC2)c([N+](=O)[O-])c1. The summed E-state index contributed by atoms with van der Waals surface area (Å²) < 4.78 is 5.10. The van der Waals surface area contributed by atoms with Crippen LogP contribution in [0.3, 0.4) is 0 Å². The van der Waals surface area contributed by atoms with Gasteiger partial charge in [-0.1, -0.05) is 32.0 Å². The molecule has 0 spiro atoms. The van der Waals surface area contributed by atoms with Crippen LogP contribution in [0, 0.1) is 10.1 Å². The fourth-order valence-corrected chi connectivity index (χ4v) is 3.68. The molecule has 0 bridgehead atoms. The van der Waals surface area contributed by atoms with Gasteiger partial charge in [-0.25, -0.2) is 4.79 Å². The maximum Gasteiger partial charge on any atom is 0.338 e. The summed E-state index contributed by atoms with van der Waals surface area (Å²) in [6.45, 7) is 5.17. The number of nitro benzene ring substituents is 1. The standard InChI is InChI=1S/C23H27N3O5/c1-3-16(2)18-8-4-5-9-19(18)24-22(27)15-31-23(28)17-10-11-20(21(14-17)26(29)30)25-12-6-7-13-25/h4-5,8-11,14,16H,3,6-7,12-13,15H2,1-2H3,(H,24,27)/t16-/m1/s1. The molecule has 1 saturated heterocycles. The van der Waals surface area contributed by atoms with E-state index in [1.54, 1.807) is 6.07 Å². The number of carbonyl (C=O) groups excluding carboxylic acids is 2. The van der Waals surface area contributed by atoms with Gasteiger partial charge in [0.15, 0.2) is 6.61 Å². The van der Waals surface area contributed by atoms with Crippen LogP contribution in [-0.4, -0.2) is 36.5 Å². The van der Waals surface area contributed by atoms with Gasteiger partial charge < -0.3 is 15.0 Å². The van der Waals surface area contributed by atoms with Gasteiger partial charge in [0.25, 0.3) is 11.6 Å². The van der Waals surface area contributed by atoms with E-state index >= 15 is 0 Å². The lowest BCUT2D eigenvalue weighted by Gasteiger charge is -2.17. The van der Waals surface area contributed by atoms with E-state index in [0.29, 0.717) is 11.4 Å². The fourth-order valence-electron chi connectivity index (χ4n) is 3.68. The number of hydrogen-bond acceptors (Lipinski definition) is 6. The fraction of sp³-hybridized carbons (Fsp3) is 0.391. The number of rotatable bonds is 8. The lowest BCUT2D eigenvalue weighted by molar-refractivity contribution is -0.384. The first-order valence-electron chi connectivity index (χ1n) is 10.5. The number of anilines is 2. The Labute approximate surface area is 181 Å². The molecule has 0 radical (unpaired) electrons. The van der Waals surface area contributed by atoms with Crippen molar-refractivity contribution in [1.29, 1.82) is 0 Å². The molecule has 31 heavy (non-hydrogen) atoms. The molecular weight excluding hydrogens is 398 g/mol. The molecule has 0 unspecified atom stereocenters. The van der Waals surface area contributed by atoms with Crippen LogP contribution >= 0.6 is 0 Å². The monoisotopic (exact) mass is 425 g/mol. The Morgan fingerprint density at radius 2 is 1.90 bits per heavy atom. The largest absolute Gasteiger partial charge is 0.452 e. The van der Waals surface area contributed by atoms with Crippen molar-refractivity contribution in [3.05, 3.63) is 63.7 Å². The van der Waals surface area contributed by atoms with E-state index in [1.807, 2.05) is 29.2 Å². The van der Waals surface area contributed by atoms with Crippen molar-refractivity contribution in [3.8, 4) is 0 Å². The molecule has 8 heteroatoms. The van der Waals surface area contributed by atoms with Gasteiger partial charge in [0.2, 0.25) is 0 Å². The van der Waals surface area contributed by atoms with Crippen LogP contribution < -0.4 is 10.2 Å². The van der Waals surface area contributed by atoms with Gasteiger partial charge in [0, 0.05) is 24.8 Å². The Morgan fingerprint density at radius 3 is 2.58 bits per heavy atom. The lowest BCUT2D eigenvalue weighted by atomic mass is 9.97. The number of benzene rings is 2. The Bertz CT molecular complexity index is 969. The van der Waals surface area contributed by atoms with E-state index in [1.165, 1.54) is 12.1 Å². The molecule has 1 N–H and O–H groups in total. The summed E-state index contributed by atoms with van der Waals surface area (Å²) in [5, 5.41) is 14.3. The van der Waals surface area contributed by atoms with Crippen LogP contribution in [0.2, 0.25) is 0 Å². The number of nitrogens with one attached hydrogen (secondary N) is 1. The van der Waals surface area contributed by atoms with E-state index in [4.69, 9.17) is 4.74 Å². The van der Waals surface area contributed by atoms with Crippen LogP contribution in [-0.2, 0) is 9.53 Å². The predicted molar refractivity (Wildman–Crippen MR) is 119 cm³/mol. The zero-order valence-corrected chi connectivity index (χ0v) is 17.8. The third kappa shape index (κ3) is 5.39. The number of para-hydroxylation sites is 1. The van der Waals surface area contributed by atoms with Crippen LogP contribution in [0.1, 0.15) is 54.9 Å². The number of amides is 1. The smallest absolute Gasteiger partial charge is 0.338 e. The normalized spacial score (nSPS) is 14.2. The Hall–Kier alpha value is -3.42. The van der Waals surface area contributed by atoms with Crippen molar-refractivity contribution >= 4 is 28.9 Å². The Kier molecular flexibility index (Phi) is 7.23. The second-order valence-electron chi connectivity index (χ2n) is 7.68. The average molecular weight is 425 g/mol. The molecule has 164 valence electrons. The molecule has 2 aromatic rings. The van der Waals surface area contributed by atoms with Gasteiger partial charge in [0.1, 0.15) is 5.69 Å². The van der Waals surface area contributed by atoms with Gasteiger partial charge in [-0.15, -0.1) is 0 Å². The Morgan fingerprint density at radius 1 is 1.19 bits per heavy atom. The topological polar surface area (TPSA) is 102 Å². The summed E-state index contributed by atoms with van der Waals surface area (Å²) in [5.41, 5.74) is 2.10. The summed E-state index contributed by atoms with van der Waals surface area (Å²) in [5.74, 6) is -0.970. The Balaban J connectivity index is 1.65. The number of esters is 1. The van der Waals surface area contributed by atoms with E-state index in [2.05, 4.69) is 19.2 Å². The van der Waals surface area contributed by atoms with Gasteiger partial charge in [0.05, 0.1) is 10.5 Å². The van der Waals surface area contributed by atoms with Crippen molar-refractivity contribution in [2.24, 2.45) is 0 Å². The second-order valence-corrected chi connectivity index (χ2v) is 7.68. The zero-order valence-electron chi connectivity index (χ0n) is 17.8. The van der Waals surface area contributed by atoms with Crippen molar-refractivity contribution < 1.29 is 19.2 Å². The minimum atomic E-state index is -0.776. The van der Waals surface area contributed by atoms with Crippen molar-refractivity contribution in [2.45, 2.75) is 39.0 Å². The molecular formula is C23H27N3O5. The first kappa shape index (κ1) is 22.3. The molecule has 1 fully saturated rings. The summed E-state index contributed by atoms with van der Waals surface area (Å²) in [7, 11) is 0. The third-order valence-electron chi connectivity index (χ3n) is 5.57. The van der Waals surface area contributed by atoms with Crippen molar-refractivity contribution in [2.75, 3.05) is 29.9 Å². The molecule has 1 atom stereocenters. The predicted octanol–water partition coefficient (Wildman–Crippen LogP) is 4.50. The zero-order chi connectivity index (χ0) is 22.4. The summed E-state index contributed by atoms with van der Waals surface area (Å²) in [6.07, 6.45) is 2.89. The molecule has 1 heterocycles. The van der Waals surface area contributed by atoms with Crippen LogP contribution in [0.4, 0.5) is 17.1 Å². The lowest BCUT2D eigenvalue weighted by Crippen LogP contribution is -2.22. The summed E-state index contributed by atoms with van der Waals surface area (Å²) in [6, 6.07) is 11.8. The molecule has 1 amide bonds. The minimum absolute atomic E-state index is 0.0439. The molecule has 1 aliphatic rings. The molecule has 0 aromatic heterocycles. The van der Waals surface area contributed by atoms with Gasteiger partial charge in [-0.2, -0.15) is 0 Å². The number of ether oxygens (including phenoxy) is 1. The number of nitrogens with zero attached hydrogens (tertiary/aromatic N) is 2. The van der Waals surface area contributed by atoms with Crippen LogP contribution in [0.5, 0.6) is 0 Å². The van der Waals surface area contributed by atoms with E-state index in [-0.39, 0.29) is 17.2 Å². The molecule has 1 aliphatic heterocycles. The minimum Gasteiger partial charge on any atom is -0.452 e. The van der Waals surface area contributed by atoms with Crippen LogP contribution in [0.15, 0.2) is 42.5 Å². The van der Waals surface area contributed by atoms with Crippen LogP contribution in [0.25, 0.3) is 0 Å². The van der Waals surface area contributed by atoms with Gasteiger partial charge in [-0.05, 0) is 48.9 Å². The quantitative estimate of drug-likeness (QED) is 0.379. The third-order valence-corrected chi connectivity index (χ3v) is 5.57. The maximum atomic E-state index is 12.4. The average Bonchev–Trinajstić information content (AvgIpc) is 3.31. The van der Waals surface area contributed by atoms with Crippen molar-refractivity contribution in [1.82, 2.24) is 0 Å². The molecule has 8 nitrogen and oxygen atoms in total. The van der Waals surface area contributed by atoms with Gasteiger partial charge in [-0.3, -0.25) is 14.9 Å². The summed E-state index contributed by atoms with van der Waals surface area (Å²) in [4.78, 5) is 37.6. The van der Waals surface area contributed by atoms with E-state index in [0.717, 1.165) is 37.9 Å². The molecule has 2 aromatic carbocycles. The second kappa shape index (κ2) is 10.1. The highest BCUT2D eigenvalue weighted by Crippen LogP contribution is 2.32. The van der Waals surface area contributed by atoms with Gasteiger partial charge >= 0.3 is 5.97 Å². The summed E-state index contributed by atoms with van der Waals surface area (Å²) >= 11 is 0. The first-order chi connectivity index (χ1) is 14.9. The highest BCUT2D eigenvalue weighted by atomic mass is 16.6. The van der Waals surface area contributed by atoms with E-state index < -0.39 is 23.4 Å². The highest BCUT2D eigenvalue weighted by molar-refractivity contribution is 5.96. The first-order valence-corrected chi connectivity index (χ1v) is 10.5. The molecule has 0 saturated carbocycles. The number of carbonyl (C=O) groups is 2. The maximum absolute atomic E-state index is 12.4. The van der Waals surface area contributed by atoms with Crippen molar-refractivity contribution in [3.63, 3.8) is 0 Å². The molecule has 3 rings (SSSR count). The molecule has 0 aliphatic carbocycles. The number of nitro groups is 1.